The summed E-state index contributed by atoms with van der Waals surface area (Å²) in [6.07, 6.45) is 0. The molecule has 0 unspecified atom stereocenters. The zero-order valence-corrected chi connectivity index (χ0v) is 16.6. The highest BCUT2D eigenvalue weighted by Gasteiger charge is 2.49. The van der Waals surface area contributed by atoms with E-state index in [9.17, 15) is 8.42 Å². The maximum absolute atomic E-state index is 13.2. The Balaban J connectivity index is 0.00000196. The van der Waals surface area contributed by atoms with Crippen LogP contribution in [0, 0.1) is 11.8 Å². The second-order valence-electron chi connectivity index (χ2n) is 6.86. The fourth-order valence-corrected chi connectivity index (χ4v) is 6.26. The molecular weight excluding hydrogens is 391 g/mol. The quantitative estimate of drug-likeness (QED) is 0.835. The van der Waals surface area contributed by atoms with E-state index in [0.29, 0.717) is 29.0 Å². The van der Waals surface area contributed by atoms with Crippen LogP contribution in [0.15, 0.2) is 54.6 Å². The number of sulfonamides is 1. The largest absolute Gasteiger partial charge is 0.316 e. The van der Waals surface area contributed by atoms with Gasteiger partial charge >= 0.3 is 0 Å². The Labute approximate surface area is 166 Å². The maximum atomic E-state index is 13.2. The van der Waals surface area contributed by atoms with Crippen LogP contribution in [0.2, 0.25) is 5.02 Å². The Morgan fingerprint density at radius 1 is 1.04 bits per heavy atom. The molecule has 2 aromatic carbocycles. The Morgan fingerprint density at radius 2 is 1.73 bits per heavy atom. The van der Waals surface area contributed by atoms with E-state index < -0.39 is 10.0 Å². The van der Waals surface area contributed by atoms with Crippen molar-refractivity contribution in [3.05, 3.63) is 70.7 Å². The lowest BCUT2D eigenvalue weighted by Crippen LogP contribution is -2.35. The lowest BCUT2D eigenvalue weighted by atomic mass is 9.90. The van der Waals surface area contributed by atoms with E-state index in [4.69, 9.17) is 11.6 Å². The van der Waals surface area contributed by atoms with Crippen molar-refractivity contribution in [2.45, 2.75) is 11.8 Å². The number of nitrogens with one attached hydrogen (secondary N) is 1. The van der Waals surface area contributed by atoms with Gasteiger partial charge in [0.2, 0.25) is 10.0 Å². The average molecular weight is 413 g/mol. The lowest BCUT2D eigenvalue weighted by molar-refractivity contribution is 0.345. The van der Waals surface area contributed by atoms with Gasteiger partial charge in [-0.25, -0.2) is 8.42 Å². The summed E-state index contributed by atoms with van der Waals surface area (Å²) >= 11 is 6.19. The van der Waals surface area contributed by atoms with Crippen molar-refractivity contribution in [3.63, 3.8) is 0 Å². The first-order valence-corrected chi connectivity index (χ1v) is 10.5. The van der Waals surface area contributed by atoms with Crippen molar-refractivity contribution < 1.29 is 8.42 Å². The van der Waals surface area contributed by atoms with Crippen LogP contribution >= 0.6 is 24.0 Å². The second kappa shape index (κ2) is 7.87. The molecule has 4 rings (SSSR count). The molecule has 0 bridgehead atoms. The van der Waals surface area contributed by atoms with E-state index in [2.05, 4.69) is 5.32 Å². The molecule has 7 heteroatoms. The van der Waals surface area contributed by atoms with E-state index in [1.54, 1.807) is 16.4 Å². The summed E-state index contributed by atoms with van der Waals surface area (Å²) in [5.41, 5.74) is 1.73. The molecule has 2 aromatic rings. The van der Waals surface area contributed by atoms with Crippen LogP contribution in [0.5, 0.6) is 0 Å². The molecule has 0 amide bonds. The minimum Gasteiger partial charge on any atom is -0.316 e. The molecule has 2 fully saturated rings. The molecule has 0 aliphatic carbocycles. The predicted molar refractivity (Wildman–Crippen MR) is 107 cm³/mol. The summed E-state index contributed by atoms with van der Waals surface area (Å²) in [6.45, 7) is 2.32. The van der Waals surface area contributed by atoms with Gasteiger partial charge in [0.1, 0.15) is 0 Å². The molecule has 0 aromatic heterocycles. The van der Waals surface area contributed by atoms with Crippen LogP contribution in [0.25, 0.3) is 0 Å². The van der Waals surface area contributed by atoms with Gasteiger partial charge in [-0.2, -0.15) is 4.31 Å². The first-order valence-electron chi connectivity index (χ1n) is 8.55. The third kappa shape index (κ3) is 3.64. The minimum absolute atomic E-state index is 0. The molecular formula is C19H22Cl2N2O2S. The van der Waals surface area contributed by atoms with Crippen LogP contribution in [0.4, 0.5) is 0 Å². The highest BCUT2D eigenvalue weighted by Crippen LogP contribution is 2.44. The molecule has 0 radical (unpaired) electrons. The number of rotatable bonds is 4. The van der Waals surface area contributed by atoms with Crippen molar-refractivity contribution >= 4 is 34.0 Å². The fourth-order valence-electron chi connectivity index (χ4n) is 4.13. The monoisotopic (exact) mass is 412 g/mol. The first kappa shape index (κ1) is 19.6. The predicted octanol–water partition coefficient (Wildman–Crippen LogP) is 3.48. The van der Waals surface area contributed by atoms with Gasteiger partial charge in [0, 0.05) is 18.1 Å². The Kier molecular flexibility index (Phi) is 5.94. The van der Waals surface area contributed by atoms with Crippen molar-refractivity contribution in [2.75, 3.05) is 19.6 Å². The second-order valence-corrected chi connectivity index (χ2v) is 9.18. The van der Waals surface area contributed by atoms with Gasteiger partial charge in [-0.15, -0.1) is 12.4 Å². The van der Waals surface area contributed by atoms with Crippen molar-refractivity contribution in [1.29, 1.82) is 0 Å². The zero-order chi connectivity index (χ0) is 17.4. The molecule has 3 atom stereocenters. The third-order valence-electron chi connectivity index (χ3n) is 5.32. The van der Waals surface area contributed by atoms with Crippen molar-refractivity contribution in [1.82, 2.24) is 9.62 Å². The van der Waals surface area contributed by atoms with Crippen LogP contribution in [0.3, 0.4) is 0 Å². The molecule has 0 saturated carbocycles. The van der Waals surface area contributed by atoms with Crippen LogP contribution < -0.4 is 5.32 Å². The van der Waals surface area contributed by atoms with Gasteiger partial charge in [0.25, 0.3) is 0 Å². The molecule has 0 spiro atoms. The Hall–Kier alpha value is -1.11. The third-order valence-corrected chi connectivity index (χ3v) is 7.45. The van der Waals surface area contributed by atoms with Gasteiger partial charge < -0.3 is 5.32 Å². The molecule has 140 valence electrons. The summed E-state index contributed by atoms with van der Waals surface area (Å²) in [6, 6.07) is 17.0. The van der Waals surface area contributed by atoms with E-state index in [0.717, 1.165) is 18.7 Å². The number of nitrogens with zero attached hydrogens (tertiary/aromatic N) is 1. The number of fused-ring (bicyclic) bond motifs is 1. The Bertz CT molecular complexity index is 861. The molecule has 2 heterocycles. The SMILES string of the molecule is Cl.O=S(=O)(Cc1ccccc1Cl)N1C[C@@H]2CNC[C@@H]2[C@@H]1c1ccccc1. The maximum Gasteiger partial charge on any atom is 0.218 e. The van der Waals surface area contributed by atoms with Gasteiger partial charge in [0.05, 0.1) is 11.8 Å². The number of hydrogen-bond donors (Lipinski definition) is 1. The zero-order valence-electron chi connectivity index (χ0n) is 14.2. The summed E-state index contributed by atoms with van der Waals surface area (Å²) in [4.78, 5) is 0. The summed E-state index contributed by atoms with van der Waals surface area (Å²) in [5.74, 6) is 0.637. The highest BCUT2D eigenvalue weighted by molar-refractivity contribution is 7.88. The molecule has 2 aliphatic heterocycles. The fraction of sp³-hybridized carbons (Fsp3) is 0.368. The highest BCUT2D eigenvalue weighted by atomic mass is 35.5. The summed E-state index contributed by atoms with van der Waals surface area (Å²) in [7, 11) is -3.45. The van der Waals surface area contributed by atoms with E-state index >= 15 is 0 Å². The standard InChI is InChI=1S/C19H21ClN2O2S.ClH/c20-18-9-5-4-8-15(18)13-25(23,24)22-12-16-10-21-11-17(16)19(22)14-6-2-1-3-7-14;/h1-9,16-17,19,21H,10-13H2;1H/t16-,17-,19-;/m0./s1. The summed E-state index contributed by atoms with van der Waals surface area (Å²) < 4.78 is 28.1. The van der Waals surface area contributed by atoms with E-state index in [-0.39, 0.29) is 24.2 Å². The lowest BCUT2D eigenvalue weighted by Gasteiger charge is -2.28. The number of hydrogen-bond acceptors (Lipinski definition) is 3. The smallest absolute Gasteiger partial charge is 0.218 e. The van der Waals surface area contributed by atoms with Crippen LogP contribution in [0.1, 0.15) is 17.2 Å². The minimum atomic E-state index is -3.45. The average Bonchev–Trinajstić information content (AvgIpc) is 3.19. The normalized spacial score (nSPS) is 25.7. The molecule has 2 saturated heterocycles. The van der Waals surface area contributed by atoms with Crippen LogP contribution in [-0.2, 0) is 15.8 Å². The van der Waals surface area contributed by atoms with E-state index in [1.165, 1.54) is 0 Å². The molecule has 2 aliphatic rings. The molecule has 1 N–H and O–H groups in total. The van der Waals surface area contributed by atoms with Gasteiger partial charge in [-0.3, -0.25) is 0 Å². The number of benzene rings is 2. The van der Waals surface area contributed by atoms with Crippen molar-refractivity contribution in [3.8, 4) is 0 Å². The van der Waals surface area contributed by atoms with Crippen LogP contribution in [-0.4, -0.2) is 32.4 Å². The van der Waals surface area contributed by atoms with Gasteiger partial charge in [-0.05, 0) is 35.6 Å². The first-order chi connectivity index (χ1) is 12.1. The van der Waals surface area contributed by atoms with Gasteiger partial charge in [-0.1, -0.05) is 60.1 Å². The Morgan fingerprint density at radius 3 is 2.46 bits per heavy atom. The topological polar surface area (TPSA) is 49.4 Å². The number of halogens is 2. The van der Waals surface area contributed by atoms with Gasteiger partial charge in [0.15, 0.2) is 0 Å². The summed E-state index contributed by atoms with van der Waals surface area (Å²) in [5, 5.41) is 3.92. The van der Waals surface area contributed by atoms with E-state index in [1.807, 2.05) is 42.5 Å². The van der Waals surface area contributed by atoms with Crippen molar-refractivity contribution in [2.24, 2.45) is 11.8 Å². The molecule has 4 nitrogen and oxygen atoms in total. The molecule has 26 heavy (non-hydrogen) atoms.